The van der Waals surface area contributed by atoms with Crippen LogP contribution < -0.4 is 0 Å². The maximum atomic E-state index is 10.1. The molecular weight excluding hydrogens is 127 g/mol. The second-order valence-corrected chi connectivity index (χ2v) is 2.70. The monoisotopic (exact) mass is 132 g/mol. The van der Waals surface area contributed by atoms with Crippen LogP contribution in [0, 0.1) is 0 Å². The number of hydrogen-bond donors (Lipinski definition) is 0. The molecule has 5 heteroatoms. The molecule has 0 aromatic carbocycles. The summed E-state index contributed by atoms with van der Waals surface area (Å²) in [6.07, 6.45) is 0.568. The summed E-state index contributed by atoms with van der Waals surface area (Å²) in [5, 5.41) is 6.99. The molecule has 0 N–H and O–H groups in total. The summed E-state index contributed by atoms with van der Waals surface area (Å²) in [6, 6.07) is 0. The molecule has 1 aliphatic heterocycles. The molecule has 0 aliphatic carbocycles. The normalized spacial score (nSPS) is 26.2. The highest BCUT2D eigenvalue weighted by atomic mass is 31.1. The Bertz CT molecular complexity index is 166. The lowest BCUT2D eigenvalue weighted by molar-refractivity contribution is 0.505. The smallest absolute Gasteiger partial charge is 0.235 e. The van der Waals surface area contributed by atoms with Crippen LogP contribution in [0.3, 0.4) is 0 Å². The van der Waals surface area contributed by atoms with Crippen LogP contribution in [-0.2, 0) is 9.13 Å². The molecule has 0 aromatic rings. The van der Waals surface area contributed by atoms with Gasteiger partial charge in [-0.25, -0.2) is 9.13 Å². The van der Waals surface area contributed by atoms with E-state index in [-0.39, 0.29) is 0 Å². The lowest BCUT2D eigenvalue weighted by Crippen LogP contribution is -1.87. The topological polar surface area (TPSA) is 58.9 Å². The molecule has 0 saturated heterocycles. The van der Waals surface area contributed by atoms with Crippen molar-refractivity contribution >= 4 is 7.68 Å². The first-order valence-corrected chi connectivity index (χ1v) is 3.55. The lowest BCUT2D eigenvalue weighted by atomic mass is 10.5. The van der Waals surface area contributed by atoms with Crippen molar-refractivity contribution in [1.82, 2.24) is 0 Å². The van der Waals surface area contributed by atoms with Crippen molar-refractivity contribution < 1.29 is 9.13 Å². The zero-order valence-corrected chi connectivity index (χ0v) is 5.04. The molecule has 0 bridgehead atoms. The van der Waals surface area contributed by atoms with Crippen LogP contribution in [0.4, 0.5) is 0 Å². The number of nitrogens with zero attached hydrogens (tertiary/aromatic N) is 2. The molecule has 0 fully saturated rings. The maximum Gasteiger partial charge on any atom is 0.342 e. The Morgan fingerprint density at radius 3 is 2.50 bits per heavy atom. The van der Waals surface area contributed by atoms with Gasteiger partial charge < -0.3 is 0 Å². The Morgan fingerprint density at radius 1 is 1.50 bits per heavy atom. The Hall–Kier alpha value is -0.500. The van der Waals surface area contributed by atoms with E-state index in [0.717, 1.165) is 0 Å². The first-order chi connectivity index (χ1) is 3.80. The van der Waals surface area contributed by atoms with Gasteiger partial charge in [0.05, 0.1) is 6.54 Å². The average Bonchev–Trinajstić information content (AvgIpc) is 2.12. The van der Waals surface area contributed by atoms with E-state index in [2.05, 4.69) is 10.2 Å². The third kappa shape index (κ3) is 1.01. The minimum Gasteiger partial charge on any atom is -0.235 e. The molecule has 44 valence electrons. The van der Waals surface area contributed by atoms with Crippen LogP contribution in [0.25, 0.3) is 0 Å². The summed E-state index contributed by atoms with van der Waals surface area (Å²) >= 11 is 0. The van der Waals surface area contributed by atoms with Gasteiger partial charge in [-0.05, 0) is 0 Å². The van der Waals surface area contributed by atoms with Gasteiger partial charge in [0.1, 0.15) is 0 Å². The second kappa shape index (κ2) is 2.18. The average molecular weight is 132 g/mol. The molecule has 1 unspecified atom stereocenters. The van der Waals surface area contributed by atoms with E-state index in [1.807, 2.05) is 0 Å². The van der Waals surface area contributed by atoms with Crippen LogP contribution in [-0.4, -0.2) is 12.3 Å². The molecule has 4 nitrogen and oxygen atoms in total. The predicted molar refractivity (Wildman–Crippen MR) is 26.4 cm³/mol. The lowest BCUT2D eigenvalue weighted by Gasteiger charge is -1.83. The summed E-state index contributed by atoms with van der Waals surface area (Å²) in [7, 11) is -2.36. The van der Waals surface area contributed by atoms with Crippen molar-refractivity contribution in [1.29, 1.82) is 0 Å². The quantitative estimate of drug-likeness (QED) is 0.505. The molecular formula is C3H5N2O2P. The van der Waals surface area contributed by atoms with Crippen LogP contribution in [0.1, 0.15) is 6.42 Å². The van der Waals surface area contributed by atoms with Crippen LogP contribution in [0.2, 0.25) is 0 Å². The highest BCUT2D eigenvalue weighted by molar-refractivity contribution is 7.31. The fourth-order valence-corrected chi connectivity index (χ4v) is 1.01. The van der Waals surface area contributed by atoms with E-state index in [1.165, 1.54) is 0 Å². The molecule has 1 atom stereocenters. The fraction of sp³-hybridized carbons (Fsp3) is 1.00. The zero-order valence-electron chi connectivity index (χ0n) is 4.15. The largest absolute Gasteiger partial charge is 0.342 e. The van der Waals surface area contributed by atoms with Crippen molar-refractivity contribution in [2.75, 3.05) is 6.54 Å². The Balaban J connectivity index is 2.61. The first-order valence-electron chi connectivity index (χ1n) is 2.31. The molecule has 0 radical (unpaired) electrons. The summed E-state index contributed by atoms with van der Waals surface area (Å²) < 4.78 is 20.2. The standard InChI is InChI=1S/C3H5N2O2P/c6-8(7)3-1-2-4-5-3/h3H,1-2H2. The molecule has 0 spiro atoms. The second-order valence-electron chi connectivity index (χ2n) is 1.54. The predicted octanol–water partition coefficient (Wildman–Crippen LogP) is 1.34. The fourth-order valence-electron chi connectivity index (χ4n) is 0.530. The zero-order chi connectivity index (χ0) is 5.98. The molecule has 8 heavy (non-hydrogen) atoms. The summed E-state index contributed by atoms with van der Waals surface area (Å²) in [4.78, 5) is 0. The first kappa shape index (κ1) is 5.63. The van der Waals surface area contributed by atoms with Crippen LogP contribution in [0.15, 0.2) is 10.2 Å². The van der Waals surface area contributed by atoms with Gasteiger partial charge in [-0.15, -0.1) is 0 Å². The Morgan fingerprint density at radius 2 is 2.25 bits per heavy atom. The van der Waals surface area contributed by atoms with E-state index >= 15 is 0 Å². The third-order valence-electron chi connectivity index (χ3n) is 0.946. The highest BCUT2D eigenvalue weighted by Crippen LogP contribution is 2.23. The summed E-state index contributed by atoms with van der Waals surface area (Å²) in [5.74, 6) is -0.523. The van der Waals surface area contributed by atoms with Gasteiger partial charge in [-0.3, -0.25) is 0 Å². The minimum atomic E-state index is -2.36. The van der Waals surface area contributed by atoms with Gasteiger partial charge >= 0.3 is 7.68 Å². The molecule has 1 rings (SSSR count). The van der Waals surface area contributed by atoms with Crippen molar-refractivity contribution in [3.05, 3.63) is 0 Å². The molecule has 0 amide bonds. The molecule has 0 aromatic heterocycles. The Labute approximate surface area is 46.8 Å². The number of azo groups is 1. The van der Waals surface area contributed by atoms with Crippen molar-refractivity contribution in [2.24, 2.45) is 10.2 Å². The van der Waals surface area contributed by atoms with E-state index in [4.69, 9.17) is 0 Å². The van der Waals surface area contributed by atoms with Crippen molar-refractivity contribution in [3.63, 3.8) is 0 Å². The Kier molecular flexibility index (Phi) is 1.53. The highest BCUT2D eigenvalue weighted by Gasteiger charge is 2.16. The molecule has 1 heterocycles. The SMILES string of the molecule is O=P(=O)C1CCN=N1. The van der Waals surface area contributed by atoms with Gasteiger partial charge in [0, 0.05) is 6.42 Å². The maximum absolute atomic E-state index is 10.1. The number of hydrogen-bond acceptors (Lipinski definition) is 4. The molecule has 0 saturated carbocycles. The third-order valence-corrected chi connectivity index (χ3v) is 1.79. The van der Waals surface area contributed by atoms with E-state index in [0.29, 0.717) is 13.0 Å². The van der Waals surface area contributed by atoms with Gasteiger partial charge in [0.2, 0.25) is 0 Å². The van der Waals surface area contributed by atoms with Crippen molar-refractivity contribution in [2.45, 2.75) is 12.2 Å². The summed E-state index contributed by atoms with van der Waals surface area (Å²) in [5.41, 5.74) is 0. The van der Waals surface area contributed by atoms with Crippen LogP contribution in [0.5, 0.6) is 0 Å². The van der Waals surface area contributed by atoms with E-state index in [9.17, 15) is 9.13 Å². The van der Waals surface area contributed by atoms with E-state index in [1.54, 1.807) is 0 Å². The van der Waals surface area contributed by atoms with Gasteiger partial charge in [0.25, 0.3) is 0 Å². The van der Waals surface area contributed by atoms with Crippen molar-refractivity contribution in [3.8, 4) is 0 Å². The minimum absolute atomic E-state index is 0.523. The summed E-state index contributed by atoms with van der Waals surface area (Å²) in [6.45, 7) is 0.563. The van der Waals surface area contributed by atoms with E-state index < -0.39 is 13.5 Å². The molecule has 1 aliphatic rings. The van der Waals surface area contributed by atoms with Gasteiger partial charge in [-0.1, -0.05) is 0 Å². The van der Waals surface area contributed by atoms with Crippen LogP contribution >= 0.6 is 7.68 Å². The van der Waals surface area contributed by atoms with Gasteiger partial charge in [-0.2, -0.15) is 10.2 Å². The van der Waals surface area contributed by atoms with Gasteiger partial charge in [0.15, 0.2) is 5.78 Å². The number of rotatable bonds is 1.